The Morgan fingerprint density at radius 1 is 1.31 bits per heavy atom. The van der Waals surface area contributed by atoms with Crippen LogP contribution in [0.1, 0.15) is 48.1 Å². The molecule has 0 saturated heterocycles. The van der Waals surface area contributed by atoms with Crippen LogP contribution in [0.3, 0.4) is 0 Å². The molecule has 134 valence electrons. The van der Waals surface area contributed by atoms with Gasteiger partial charge in [0.05, 0.1) is 11.6 Å². The number of aromatic amines is 1. The van der Waals surface area contributed by atoms with Crippen molar-refractivity contribution in [2.75, 3.05) is 0 Å². The molecule has 0 spiro atoms. The average Bonchev–Trinajstić information content (AvgIpc) is 2.98. The molecule has 0 fully saturated rings. The molecule has 6 nitrogen and oxygen atoms in total. The molecule has 0 amide bonds. The first-order valence-electron chi connectivity index (χ1n) is 8.11. The number of aliphatic hydroxyl groups excluding tert-OH is 1. The van der Waals surface area contributed by atoms with Crippen LogP contribution in [-0.4, -0.2) is 26.8 Å². The number of aromatic nitrogens is 2. The van der Waals surface area contributed by atoms with E-state index in [1.54, 1.807) is 38.1 Å². The summed E-state index contributed by atoms with van der Waals surface area (Å²) in [5.74, 6) is -0.753. The zero-order valence-electron chi connectivity index (χ0n) is 14.2. The Kier molecular flexibility index (Phi) is 5.06. The van der Waals surface area contributed by atoms with Crippen molar-refractivity contribution in [3.05, 3.63) is 58.5 Å². The maximum atomic E-state index is 13.0. The number of hydrogen-bond donors (Lipinski definition) is 2. The summed E-state index contributed by atoms with van der Waals surface area (Å²) >= 11 is 6.01. The third kappa shape index (κ3) is 3.47. The predicted octanol–water partition coefficient (Wildman–Crippen LogP) is 3.82. The van der Waals surface area contributed by atoms with Crippen LogP contribution < -0.4 is 4.74 Å². The average molecular weight is 373 g/mol. The molecule has 2 heterocycles. The van der Waals surface area contributed by atoms with E-state index in [1.807, 2.05) is 0 Å². The number of halogens is 1. The minimum atomic E-state index is -0.733. The summed E-state index contributed by atoms with van der Waals surface area (Å²) in [4.78, 5) is 31.8. The van der Waals surface area contributed by atoms with E-state index in [9.17, 15) is 14.7 Å². The molecule has 2 N–H and O–H groups in total. The van der Waals surface area contributed by atoms with E-state index < -0.39 is 17.9 Å². The van der Waals surface area contributed by atoms with Crippen LogP contribution in [0.2, 0.25) is 5.02 Å². The van der Waals surface area contributed by atoms with Gasteiger partial charge >= 0.3 is 5.97 Å². The quantitative estimate of drug-likeness (QED) is 0.524. The maximum absolute atomic E-state index is 13.0. The highest BCUT2D eigenvalue weighted by Gasteiger charge is 2.24. The maximum Gasteiger partial charge on any atom is 0.310 e. The molecule has 0 bridgehead atoms. The largest absolute Gasteiger partial charge is 0.423 e. The number of H-pyrrole nitrogens is 1. The number of hydrogen-bond acceptors (Lipinski definition) is 5. The third-order valence-electron chi connectivity index (χ3n) is 3.94. The molecule has 1 aromatic carbocycles. The fraction of sp³-hybridized carbons (Fsp3) is 0.211. The van der Waals surface area contributed by atoms with Crippen molar-refractivity contribution in [2.24, 2.45) is 0 Å². The Bertz CT molecular complexity index is 994. The second-order valence-corrected chi connectivity index (χ2v) is 6.26. The lowest BCUT2D eigenvalue weighted by Crippen LogP contribution is -2.11. The summed E-state index contributed by atoms with van der Waals surface area (Å²) in [7, 11) is 0. The number of rotatable bonds is 5. The molecule has 0 aliphatic heterocycles. The molecule has 26 heavy (non-hydrogen) atoms. The summed E-state index contributed by atoms with van der Waals surface area (Å²) in [6.07, 6.45) is 0.888. The number of ketones is 1. The smallest absolute Gasteiger partial charge is 0.310 e. The SMILES string of the molecule is CCC(=O)Oc1c(C(=O)c2cc(C(C)O)ccn2)[nH]c2cc(Cl)ccc12. The lowest BCUT2D eigenvalue weighted by atomic mass is 10.1. The Balaban J connectivity index is 2.13. The van der Waals surface area contributed by atoms with Gasteiger partial charge in [-0.15, -0.1) is 0 Å². The number of benzene rings is 1. The molecule has 3 aromatic rings. The van der Waals surface area contributed by atoms with Crippen LogP contribution in [0.25, 0.3) is 10.9 Å². The fourth-order valence-electron chi connectivity index (χ4n) is 2.55. The first kappa shape index (κ1) is 18.1. The van der Waals surface area contributed by atoms with Crippen molar-refractivity contribution in [1.29, 1.82) is 0 Å². The summed E-state index contributed by atoms with van der Waals surface area (Å²) in [6.45, 7) is 3.27. The van der Waals surface area contributed by atoms with Gasteiger partial charge in [-0.1, -0.05) is 18.5 Å². The standard InChI is InChI=1S/C19H17ClN2O4/c1-3-16(24)26-19-13-5-4-12(20)9-14(13)22-17(19)18(25)15-8-11(10(2)23)6-7-21-15/h4-10,22-23H,3H2,1-2H3. The van der Waals surface area contributed by atoms with Crippen molar-refractivity contribution in [1.82, 2.24) is 9.97 Å². The van der Waals surface area contributed by atoms with Crippen LogP contribution in [0.4, 0.5) is 0 Å². The van der Waals surface area contributed by atoms with Gasteiger partial charge in [0, 0.05) is 23.0 Å². The van der Waals surface area contributed by atoms with E-state index in [2.05, 4.69) is 9.97 Å². The number of pyridine rings is 1. The minimum Gasteiger partial charge on any atom is -0.423 e. The zero-order chi connectivity index (χ0) is 18.8. The molecular formula is C19H17ClN2O4. The van der Waals surface area contributed by atoms with E-state index >= 15 is 0 Å². The molecule has 1 atom stereocenters. The topological polar surface area (TPSA) is 92.3 Å². The number of ether oxygens (including phenoxy) is 1. The minimum absolute atomic E-state index is 0.110. The number of nitrogens with zero attached hydrogens (tertiary/aromatic N) is 1. The van der Waals surface area contributed by atoms with Gasteiger partial charge in [0.15, 0.2) is 5.75 Å². The van der Waals surface area contributed by atoms with Gasteiger partial charge in [-0.05, 0) is 42.8 Å². The van der Waals surface area contributed by atoms with E-state index in [1.165, 1.54) is 12.3 Å². The molecule has 0 aliphatic rings. The van der Waals surface area contributed by atoms with Crippen molar-refractivity contribution in [3.63, 3.8) is 0 Å². The molecule has 0 aliphatic carbocycles. The van der Waals surface area contributed by atoms with Gasteiger partial charge in [0.25, 0.3) is 0 Å². The zero-order valence-corrected chi connectivity index (χ0v) is 15.0. The van der Waals surface area contributed by atoms with E-state index in [4.69, 9.17) is 16.3 Å². The number of fused-ring (bicyclic) bond motifs is 1. The molecule has 0 saturated carbocycles. The lowest BCUT2D eigenvalue weighted by molar-refractivity contribution is -0.133. The van der Waals surface area contributed by atoms with Gasteiger partial charge in [0.1, 0.15) is 11.4 Å². The van der Waals surface area contributed by atoms with Gasteiger partial charge in [0.2, 0.25) is 5.78 Å². The molecule has 3 rings (SSSR count). The van der Waals surface area contributed by atoms with Crippen LogP contribution in [0, 0.1) is 0 Å². The number of carbonyl (C=O) groups is 2. The first-order valence-corrected chi connectivity index (χ1v) is 8.49. The normalized spacial score (nSPS) is 12.2. The van der Waals surface area contributed by atoms with E-state index in [0.29, 0.717) is 21.5 Å². The molecule has 7 heteroatoms. The van der Waals surface area contributed by atoms with Crippen LogP contribution in [-0.2, 0) is 4.79 Å². The summed E-state index contributed by atoms with van der Waals surface area (Å²) in [5.41, 5.74) is 1.38. The van der Waals surface area contributed by atoms with Crippen molar-refractivity contribution < 1.29 is 19.4 Å². The van der Waals surface area contributed by atoms with Crippen molar-refractivity contribution in [3.8, 4) is 5.75 Å². The second-order valence-electron chi connectivity index (χ2n) is 5.83. The van der Waals surface area contributed by atoms with Gasteiger partial charge in [-0.3, -0.25) is 14.6 Å². The molecule has 1 unspecified atom stereocenters. The number of nitrogens with one attached hydrogen (secondary N) is 1. The van der Waals surface area contributed by atoms with Gasteiger partial charge < -0.3 is 14.8 Å². The summed E-state index contributed by atoms with van der Waals surface area (Å²) in [6, 6.07) is 8.13. The highest BCUT2D eigenvalue weighted by molar-refractivity contribution is 6.31. The number of aliphatic hydroxyl groups is 1. The third-order valence-corrected chi connectivity index (χ3v) is 4.18. The van der Waals surface area contributed by atoms with E-state index in [-0.39, 0.29) is 23.6 Å². The Morgan fingerprint density at radius 3 is 2.77 bits per heavy atom. The Labute approximate surface area is 154 Å². The lowest BCUT2D eigenvalue weighted by Gasteiger charge is -2.07. The molecular weight excluding hydrogens is 356 g/mol. The van der Waals surface area contributed by atoms with Crippen molar-refractivity contribution >= 4 is 34.3 Å². The molecule has 2 aromatic heterocycles. The number of esters is 1. The van der Waals surface area contributed by atoms with Gasteiger partial charge in [-0.2, -0.15) is 0 Å². The monoisotopic (exact) mass is 372 g/mol. The Morgan fingerprint density at radius 2 is 2.08 bits per heavy atom. The highest BCUT2D eigenvalue weighted by Crippen LogP contribution is 2.33. The van der Waals surface area contributed by atoms with E-state index in [0.717, 1.165) is 0 Å². The van der Waals surface area contributed by atoms with Crippen LogP contribution in [0.15, 0.2) is 36.5 Å². The Hall–Kier alpha value is -2.70. The van der Waals surface area contributed by atoms with Crippen LogP contribution >= 0.6 is 11.6 Å². The first-order chi connectivity index (χ1) is 12.4. The molecule has 0 radical (unpaired) electrons. The van der Waals surface area contributed by atoms with Crippen LogP contribution in [0.5, 0.6) is 5.75 Å². The second kappa shape index (κ2) is 7.27. The fourth-order valence-corrected chi connectivity index (χ4v) is 2.73. The summed E-state index contributed by atoms with van der Waals surface area (Å²) in [5, 5.41) is 10.8. The predicted molar refractivity (Wildman–Crippen MR) is 97.5 cm³/mol. The number of carbonyl (C=O) groups excluding carboxylic acids is 2. The summed E-state index contributed by atoms with van der Waals surface area (Å²) < 4.78 is 5.40. The highest BCUT2D eigenvalue weighted by atomic mass is 35.5. The van der Waals surface area contributed by atoms with Gasteiger partial charge in [-0.25, -0.2) is 0 Å². The van der Waals surface area contributed by atoms with Crippen molar-refractivity contribution in [2.45, 2.75) is 26.4 Å².